The first kappa shape index (κ1) is 11.9. The Balaban J connectivity index is 2.25. The second-order valence-electron chi connectivity index (χ2n) is 4.20. The highest BCUT2D eigenvalue weighted by Gasteiger charge is 2.30. The van der Waals surface area contributed by atoms with Crippen LogP contribution in [0, 0.1) is 5.41 Å². The van der Waals surface area contributed by atoms with Gasteiger partial charge in [0.25, 0.3) is 0 Å². The lowest BCUT2D eigenvalue weighted by Crippen LogP contribution is -2.32. The van der Waals surface area contributed by atoms with E-state index in [0.29, 0.717) is 18.3 Å². The Morgan fingerprint density at radius 1 is 1.65 bits per heavy atom. The molecule has 92 valence electrons. The van der Waals surface area contributed by atoms with Gasteiger partial charge in [-0.1, -0.05) is 0 Å². The van der Waals surface area contributed by atoms with Gasteiger partial charge in [-0.3, -0.25) is 10.4 Å². The van der Waals surface area contributed by atoms with Gasteiger partial charge in [-0.25, -0.2) is 0 Å². The predicted octanol–water partition coefficient (Wildman–Crippen LogP) is 0.981. The van der Waals surface area contributed by atoms with E-state index in [1.165, 1.54) is 12.8 Å². The van der Waals surface area contributed by atoms with Crippen LogP contribution in [0.1, 0.15) is 18.5 Å². The van der Waals surface area contributed by atoms with Crippen molar-refractivity contribution in [3.05, 3.63) is 24.0 Å². The van der Waals surface area contributed by atoms with Crippen LogP contribution in [0.3, 0.4) is 0 Å². The van der Waals surface area contributed by atoms with Gasteiger partial charge in [-0.15, -0.1) is 0 Å². The summed E-state index contributed by atoms with van der Waals surface area (Å²) in [5.74, 6) is 0.0173. The van der Waals surface area contributed by atoms with Crippen LogP contribution >= 0.6 is 0 Å². The molecule has 1 fully saturated rings. The number of nitrogen functional groups attached to an aromatic ring is 1. The summed E-state index contributed by atoms with van der Waals surface area (Å²) < 4.78 is 5.13. The molecule has 3 N–H and O–H groups in total. The van der Waals surface area contributed by atoms with Gasteiger partial charge in [0.2, 0.25) is 0 Å². The Morgan fingerprint density at radius 2 is 2.41 bits per heavy atom. The zero-order valence-corrected chi connectivity index (χ0v) is 10.0. The van der Waals surface area contributed by atoms with Gasteiger partial charge in [-0.05, 0) is 25.0 Å². The second kappa shape index (κ2) is 5.14. The van der Waals surface area contributed by atoms with E-state index < -0.39 is 0 Å². The quantitative estimate of drug-likeness (QED) is 0.568. The topological polar surface area (TPSA) is 75.2 Å². The third-order valence-electron chi connectivity index (χ3n) is 2.87. The number of nitrogens with one attached hydrogen (secondary N) is 1. The molecule has 0 bridgehead atoms. The lowest BCUT2D eigenvalue weighted by atomic mass is 10.2. The summed E-state index contributed by atoms with van der Waals surface area (Å²) in [7, 11) is 1.69. The van der Waals surface area contributed by atoms with Gasteiger partial charge >= 0.3 is 0 Å². The zero-order chi connectivity index (χ0) is 12.3. The zero-order valence-electron chi connectivity index (χ0n) is 10.0. The molecule has 1 aromatic rings. The van der Waals surface area contributed by atoms with E-state index in [-0.39, 0.29) is 5.84 Å². The lowest BCUT2D eigenvalue weighted by Gasteiger charge is -2.25. The minimum absolute atomic E-state index is 0.0173. The number of hydrogen-bond acceptors (Lipinski definition) is 4. The molecular formula is C12H18N4O. The van der Waals surface area contributed by atoms with E-state index in [2.05, 4.69) is 9.88 Å². The van der Waals surface area contributed by atoms with Crippen molar-refractivity contribution in [2.75, 3.05) is 25.2 Å². The maximum atomic E-state index is 7.57. The molecule has 1 saturated carbocycles. The van der Waals surface area contributed by atoms with Crippen molar-refractivity contribution in [3.8, 4) is 0 Å². The van der Waals surface area contributed by atoms with Crippen LogP contribution in [-0.2, 0) is 4.74 Å². The SMILES string of the molecule is COCCN(c1cccnc1C(=N)N)C1CC1. The number of rotatable bonds is 6. The highest BCUT2D eigenvalue weighted by atomic mass is 16.5. The van der Waals surface area contributed by atoms with Crippen LogP contribution < -0.4 is 10.6 Å². The molecule has 17 heavy (non-hydrogen) atoms. The normalized spacial score (nSPS) is 14.6. The minimum Gasteiger partial charge on any atom is -0.383 e. The number of anilines is 1. The molecule has 2 rings (SSSR count). The molecule has 0 unspecified atom stereocenters. The summed E-state index contributed by atoms with van der Waals surface area (Å²) in [4.78, 5) is 6.43. The van der Waals surface area contributed by atoms with E-state index in [9.17, 15) is 0 Å². The number of nitrogens with two attached hydrogens (primary N) is 1. The fourth-order valence-corrected chi connectivity index (χ4v) is 1.91. The standard InChI is InChI=1S/C12H18N4O/c1-17-8-7-16(9-4-5-9)10-3-2-6-15-11(10)12(13)14/h2-3,6,9H,4-5,7-8H2,1H3,(H3,13,14). The molecule has 0 aliphatic heterocycles. The largest absolute Gasteiger partial charge is 0.383 e. The lowest BCUT2D eigenvalue weighted by molar-refractivity contribution is 0.205. The van der Waals surface area contributed by atoms with E-state index >= 15 is 0 Å². The Morgan fingerprint density at radius 3 is 3.00 bits per heavy atom. The molecule has 1 aromatic heterocycles. The summed E-state index contributed by atoms with van der Waals surface area (Å²) in [6.07, 6.45) is 4.05. The summed E-state index contributed by atoms with van der Waals surface area (Å²) in [6.45, 7) is 1.48. The van der Waals surface area contributed by atoms with Crippen LogP contribution in [0.25, 0.3) is 0 Å². The highest BCUT2D eigenvalue weighted by Crippen LogP contribution is 2.32. The molecule has 0 spiro atoms. The van der Waals surface area contributed by atoms with Crippen LogP contribution in [0.4, 0.5) is 5.69 Å². The predicted molar refractivity (Wildman–Crippen MR) is 67.5 cm³/mol. The summed E-state index contributed by atoms with van der Waals surface area (Å²) in [5, 5.41) is 7.57. The summed E-state index contributed by atoms with van der Waals surface area (Å²) in [6, 6.07) is 4.40. The maximum Gasteiger partial charge on any atom is 0.143 e. The first-order valence-electron chi connectivity index (χ1n) is 5.79. The fourth-order valence-electron chi connectivity index (χ4n) is 1.91. The summed E-state index contributed by atoms with van der Waals surface area (Å²) in [5.41, 5.74) is 7.07. The van der Waals surface area contributed by atoms with Crippen molar-refractivity contribution >= 4 is 11.5 Å². The average Bonchev–Trinajstić information content (AvgIpc) is 3.14. The van der Waals surface area contributed by atoms with Gasteiger partial charge < -0.3 is 15.4 Å². The monoisotopic (exact) mass is 234 g/mol. The number of aromatic nitrogens is 1. The Labute approximate surface area is 101 Å². The molecule has 0 radical (unpaired) electrons. The first-order valence-corrected chi connectivity index (χ1v) is 5.79. The van der Waals surface area contributed by atoms with Crippen molar-refractivity contribution in [1.82, 2.24) is 4.98 Å². The van der Waals surface area contributed by atoms with Crippen LogP contribution in [0.2, 0.25) is 0 Å². The van der Waals surface area contributed by atoms with Crippen LogP contribution in [0.5, 0.6) is 0 Å². The third-order valence-corrected chi connectivity index (χ3v) is 2.87. The smallest absolute Gasteiger partial charge is 0.143 e. The van der Waals surface area contributed by atoms with Crippen molar-refractivity contribution < 1.29 is 4.74 Å². The Hall–Kier alpha value is -1.62. The molecule has 0 amide bonds. The van der Waals surface area contributed by atoms with Crippen molar-refractivity contribution in [2.24, 2.45) is 5.73 Å². The molecule has 0 saturated heterocycles. The summed E-state index contributed by atoms with van der Waals surface area (Å²) >= 11 is 0. The fraction of sp³-hybridized carbons (Fsp3) is 0.500. The molecule has 0 aromatic carbocycles. The Kier molecular flexibility index (Phi) is 3.58. The second-order valence-corrected chi connectivity index (χ2v) is 4.20. The van der Waals surface area contributed by atoms with Crippen molar-refractivity contribution in [2.45, 2.75) is 18.9 Å². The Bertz CT molecular complexity index is 403. The molecule has 1 heterocycles. The number of pyridine rings is 1. The van der Waals surface area contributed by atoms with E-state index in [1.54, 1.807) is 13.3 Å². The number of amidine groups is 1. The average molecular weight is 234 g/mol. The number of hydrogen-bond donors (Lipinski definition) is 2. The van der Waals surface area contributed by atoms with Crippen LogP contribution in [0.15, 0.2) is 18.3 Å². The van der Waals surface area contributed by atoms with Crippen molar-refractivity contribution in [3.63, 3.8) is 0 Å². The molecule has 5 heteroatoms. The van der Waals surface area contributed by atoms with Crippen LogP contribution in [-0.4, -0.2) is 37.1 Å². The number of methoxy groups -OCH3 is 1. The van der Waals surface area contributed by atoms with Crippen molar-refractivity contribution in [1.29, 1.82) is 5.41 Å². The van der Waals surface area contributed by atoms with Gasteiger partial charge in [0.05, 0.1) is 12.3 Å². The maximum absolute atomic E-state index is 7.57. The number of ether oxygens (including phenoxy) is 1. The van der Waals surface area contributed by atoms with Gasteiger partial charge in [0, 0.05) is 25.9 Å². The molecule has 1 aliphatic carbocycles. The van der Waals surface area contributed by atoms with E-state index in [4.69, 9.17) is 15.9 Å². The minimum atomic E-state index is 0.0173. The third kappa shape index (κ3) is 2.74. The number of nitrogens with zero attached hydrogens (tertiary/aromatic N) is 2. The molecule has 0 atom stereocenters. The molecular weight excluding hydrogens is 216 g/mol. The first-order chi connectivity index (χ1) is 8.24. The molecule has 5 nitrogen and oxygen atoms in total. The van der Waals surface area contributed by atoms with E-state index in [1.807, 2.05) is 12.1 Å². The highest BCUT2D eigenvalue weighted by molar-refractivity contribution is 5.98. The van der Waals surface area contributed by atoms with Gasteiger partial charge in [-0.2, -0.15) is 0 Å². The van der Waals surface area contributed by atoms with Gasteiger partial charge in [0.15, 0.2) is 0 Å². The van der Waals surface area contributed by atoms with E-state index in [0.717, 1.165) is 12.2 Å². The molecule has 1 aliphatic rings. The van der Waals surface area contributed by atoms with Gasteiger partial charge in [0.1, 0.15) is 11.5 Å².